The molecule has 12 heteroatoms. The Kier molecular flexibility index (Phi) is 8.68. The van der Waals surface area contributed by atoms with Gasteiger partial charge in [-0.2, -0.15) is 0 Å². The number of carbonyl (C=O) groups is 4. The highest BCUT2D eigenvalue weighted by Gasteiger charge is 2.26. The van der Waals surface area contributed by atoms with Gasteiger partial charge in [0.2, 0.25) is 17.7 Å². The maximum absolute atomic E-state index is 12.2. The van der Waals surface area contributed by atoms with E-state index < -0.39 is 53.2 Å². The van der Waals surface area contributed by atoms with Crippen molar-refractivity contribution in [1.29, 1.82) is 0 Å². The number of hydrogen-bond acceptors (Lipinski definition) is 7. The van der Waals surface area contributed by atoms with Gasteiger partial charge in [0.05, 0.1) is 17.4 Å². The van der Waals surface area contributed by atoms with E-state index in [0.717, 1.165) is 5.56 Å². The van der Waals surface area contributed by atoms with Crippen molar-refractivity contribution in [2.75, 3.05) is 0 Å². The van der Waals surface area contributed by atoms with E-state index in [-0.39, 0.29) is 12.2 Å². The summed E-state index contributed by atoms with van der Waals surface area (Å²) in [6, 6.07) is 2.55. The highest BCUT2D eigenvalue weighted by molar-refractivity contribution is 5.92. The summed E-state index contributed by atoms with van der Waals surface area (Å²) in [7, 11) is 0. The topological polar surface area (TPSA) is 194 Å². The molecule has 0 saturated heterocycles. The van der Waals surface area contributed by atoms with Crippen LogP contribution in [0.1, 0.15) is 25.8 Å². The third-order valence-electron chi connectivity index (χ3n) is 3.92. The van der Waals surface area contributed by atoms with Gasteiger partial charge < -0.3 is 26.8 Å². The number of nitro groups is 1. The molecule has 0 aliphatic heterocycles. The fraction of sp³-hybridized carbons (Fsp3) is 0.412. The van der Waals surface area contributed by atoms with E-state index in [0.29, 0.717) is 0 Å². The number of hydrogen-bond donors (Lipinski definition) is 5. The first-order chi connectivity index (χ1) is 13.5. The summed E-state index contributed by atoms with van der Waals surface area (Å²) in [5.74, 6) is -3.61. The Balaban J connectivity index is 2.53. The third kappa shape index (κ3) is 7.92. The molecule has 12 nitrogen and oxygen atoms in total. The van der Waals surface area contributed by atoms with Gasteiger partial charge in [-0.05, 0) is 19.4 Å². The van der Waals surface area contributed by atoms with Crippen molar-refractivity contribution in [3.05, 3.63) is 39.9 Å². The molecule has 0 spiro atoms. The van der Waals surface area contributed by atoms with Crippen molar-refractivity contribution < 1.29 is 29.2 Å². The summed E-state index contributed by atoms with van der Waals surface area (Å²) in [5.41, 5.74) is 5.62. The molecule has 3 atom stereocenters. The van der Waals surface area contributed by atoms with Crippen LogP contribution in [-0.4, -0.2) is 51.8 Å². The second-order valence-electron chi connectivity index (χ2n) is 6.33. The van der Waals surface area contributed by atoms with Crippen LogP contribution in [0.25, 0.3) is 0 Å². The minimum Gasteiger partial charge on any atom is -0.480 e. The predicted molar refractivity (Wildman–Crippen MR) is 100 cm³/mol. The van der Waals surface area contributed by atoms with E-state index in [4.69, 9.17) is 10.8 Å². The first-order valence-electron chi connectivity index (χ1n) is 8.59. The van der Waals surface area contributed by atoms with Crippen molar-refractivity contribution in [2.45, 2.75) is 44.9 Å². The number of benzene rings is 1. The lowest BCUT2D eigenvalue weighted by molar-refractivity contribution is -0.384. The van der Waals surface area contributed by atoms with Crippen LogP contribution in [0.3, 0.4) is 0 Å². The molecule has 0 saturated carbocycles. The van der Waals surface area contributed by atoms with Gasteiger partial charge >= 0.3 is 5.97 Å². The maximum Gasteiger partial charge on any atom is 0.326 e. The predicted octanol–water partition coefficient (Wildman–Crippen LogP) is -0.978. The molecule has 1 rings (SSSR count). The number of nitrogens with zero attached hydrogens (tertiary/aromatic N) is 1. The second kappa shape index (κ2) is 10.7. The number of nitrogens with one attached hydrogen (secondary N) is 3. The lowest BCUT2D eigenvalue weighted by Crippen LogP contribution is -2.53. The number of non-ortho nitro benzene ring substituents is 1. The first-order valence-corrected chi connectivity index (χ1v) is 8.59. The SMILES string of the molecule is C[C@H](NCc1ccc([N+](=O)[O-])cc1)C(=O)N[C@@H](C)C(=O)N[C@@H](CC(N)=O)C(=O)O. The molecule has 6 N–H and O–H groups in total. The molecule has 158 valence electrons. The van der Waals surface area contributed by atoms with Gasteiger partial charge in [0, 0.05) is 18.7 Å². The molecule has 0 radical (unpaired) electrons. The van der Waals surface area contributed by atoms with Crippen LogP contribution in [0.4, 0.5) is 5.69 Å². The molecule has 29 heavy (non-hydrogen) atoms. The largest absolute Gasteiger partial charge is 0.480 e. The molecular formula is C17H23N5O7. The van der Waals surface area contributed by atoms with Crippen molar-refractivity contribution in [3.8, 4) is 0 Å². The van der Waals surface area contributed by atoms with Gasteiger partial charge in [0.25, 0.3) is 5.69 Å². The Labute approximate surface area is 166 Å². The zero-order chi connectivity index (χ0) is 22.1. The summed E-state index contributed by atoms with van der Waals surface area (Å²) >= 11 is 0. The smallest absolute Gasteiger partial charge is 0.326 e. The highest BCUT2D eigenvalue weighted by Crippen LogP contribution is 2.11. The van der Waals surface area contributed by atoms with Crippen LogP contribution < -0.4 is 21.7 Å². The Morgan fingerprint density at radius 1 is 1.07 bits per heavy atom. The molecule has 0 bridgehead atoms. The first kappa shape index (κ1) is 23.5. The zero-order valence-corrected chi connectivity index (χ0v) is 15.9. The number of carboxylic acids is 1. The fourth-order valence-electron chi connectivity index (χ4n) is 2.20. The van der Waals surface area contributed by atoms with Crippen LogP contribution in [0.5, 0.6) is 0 Å². The molecule has 0 aliphatic rings. The number of amides is 3. The van der Waals surface area contributed by atoms with Crippen molar-refractivity contribution >= 4 is 29.4 Å². The quantitative estimate of drug-likeness (QED) is 0.227. The van der Waals surface area contributed by atoms with Crippen LogP contribution in [0, 0.1) is 10.1 Å². The molecule has 0 aromatic heterocycles. The van der Waals surface area contributed by atoms with Crippen LogP contribution >= 0.6 is 0 Å². The number of aliphatic carboxylic acids is 1. The molecule has 1 aromatic rings. The summed E-state index contributed by atoms with van der Waals surface area (Å²) in [6.07, 6.45) is -0.574. The van der Waals surface area contributed by atoms with E-state index in [1.807, 2.05) is 0 Å². The number of carbonyl (C=O) groups excluding carboxylic acids is 3. The molecule has 0 heterocycles. The Hall–Kier alpha value is -3.54. The van der Waals surface area contributed by atoms with E-state index >= 15 is 0 Å². The molecule has 0 fully saturated rings. The van der Waals surface area contributed by atoms with E-state index in [2.05, 4.69) is 16.0 Å². The third-order valence-corrected chi connectivity index (χ3v) is 3.92. The number of primary amides is 1. The van der Waals surface area contributed by atoms with Gasteiger partial charge in [-0.1, -0.05) is 12.1 Å². The summed E-state index contributed by atoms with van der Waals surface area (Å²) in [5, 5.41) is 27.1. The number of nitrogens with two attached hydrogens (primary N) is 1. The molecule has 0 aliphatic carbocycles. The normalized spacial score (nSPS) is 13.6. The van der Waals surface area contributed by atoms with Gasteiger partial charge in [0.1, 0.15) is 12.1 Å². The Morgan fingerprint density at radius 3 is 2.10 bits per heavy atom. The maximum atomic E-state index is 12.2. The lowest BCUT2D eigenvalue weighted by atomic mass is 10.1. The molecule has 3 amide bonds. The van der Waals surface area contributed by atoms with Gasteiger partial charge in [-0.15, -0.1) is 0 Å². The molecular weight excluding hydrogens is 386 g/mol. The van der Waals surface area contributed by atoms with E-state index in [1.54, 1.807) is 19.1 Å². The van der Waals surface area contributed by atoms with Crippen molar-refractivity contribution in [1.82, 2.24) is 16.0 Å². The van der Waals surface area contributed by atoms with Gasteiger partial charge in [0.15, 0.2) is 0 Å². The van der Waals surface area contributed by atoms with Gasteiger partial charge in [-0.25, -0.2) is 4.79 Å². The minimum absolute atomic E-state index is 0.0459. The second-order valence-corrected chi connectivity index (χ2v) is 6.33. The number of rotatable bonds is 11. The van der Waals surface area contributed by atoms with Crippen molar-refractivity contribution in [2.24, 2.45) is 5.73 Å². The minimum atomic E-state index is -1.49. The van der Waals surface area contributed by atoms with E-state index in [9.17, 15) is 29.3 Å². The van der Waals surface area contributed by atoms with Gasteiger partial charge in [-0.3, -0.25) is 24.5 Å². The van der Waals surface area contributed by atoms with E-state index in [1.165, 1.54) is 19.1 Å². The van der Waals surface area contributed by atoms with Crippen LogP contribution in [0.15, 0.2) is 24.3 Å². The summed E-state index contributed by atoms with van der Waals surface area (Å²) < 4.78 is 0. The number of nitro benzene ring substituents is 1. The monoisotopic (exact) mass is 409 g/mol. The van der Waals surface area contributed by atoms with Crippen LogP contribution in [0.2, 0.25) is 0 Å². The molecule has 0 unspecified atom stereocenters. The van der Waals surface area contributed by atoms with Crippen LogP contribution in [-0.2, 0) is 25.7 Å². The zero-order valence-electron chi connectivity index (χ0n) is 15.9. The number of carboxylic acid groups (broad SMARTS) is 1. The Morgan fingerprint density at radius 2 is 1.62 bits per heavy atom. The Bertz CT molecular complexity index is 781. The fourth-order valence-corrected chi connectivity index (χ4v) is 2.20. The summed E-state index contributed by atoms with van der Waals surface area (Å²) in [6.45, 7) is 3.17. The highest BCUT2D eigenvalue weighted by atomic mass is 16.6. The molecule has 1 aromatic carbocycles. The average molecular weight is 409 g/mol. The van der Waals surface area contributed by atoms with Crippen molar-refractivity contribution in [3.63, 3.8) is 0 Å². The standard InChI is InChI=1S/C17H23N5O7/c1-9(19-8-11-3-5-12(6-4-11)22(28)29)15(24)20-10(2)16(25)21-13(17(26)27)7-14(18)23/h3-6,9-10,13,19H,7-8H2,1-2H3,(H2,18,23)(H,20,24)(H,21,25)(H,26,27)/t9-,10-,13-/m0/s1. The average Bonchev–Trinajstić information content (AvgIpc) is 2.65. The lowest BCUT2D eigenvalue weighted by Gasteiger charge is -2.20. The summed E-state index contributed by atoms with van der Waals surface area (Å²) in [4.78, 5) is 56.3.